The quantitative estimate of drug-likeness (QED) is 0.906. The third-order valence-corrected chi connectivity index (χ3v) is 4.70. The van der Waals surface area contributed by atoms with Gasteiger partial charge in [0.2, 0.25) is 0 Å². The Kier molecular flexibility index (Phi) is 4.58. The van der Waals surface area contributed by atoms with Crippen molar-refractivity contribution in [3.63, 3.8) is 0 Å². The fourth-order valence-electron chi connectivity index (χ4n) is 3.03. The molecule has 0 saturated carbocycles. The fraction of sp³-hybridized carbons (Fsp3) is 0.600. The maximum Gasteiger partial charge on any atom is 0.271 e. The number of rotatable bonds is 4. The molecule has 0 radical (unpaired) electrons. The van der Waals surface area contributed by atoms with Gasteiger partial charge in [0, 0.05) is 19.6 Å². The van der Waals surface area contributed by atoms with Gasteiger partial charge in [0.05, 0.1) is 36.7 Å². The number of β-amino-alcohol motifs (C(OH)–C–C–N with tert-alkyl or cyclic N) is 1. The number of hydrogen-bond donors (Lipinski definition) is 1. The highest BCUT2D eigenvalue weighted by Gasteiger charge is 2.24. The van der Waals surface area contributed by atoms with Crippen LogP contribution in [0.2, 0.25) is 0 Å². The lowest BCUT2D eigenvalue weighted by atomic mass is 10.2. The van der Waals surface area contributed by atoms with Crippen molar-refractivity contribution in [3.8, 4) is 0 Å². The highest BCUT2D eigenvalue weighted by molar-refractivity contribution is 7.17. The first kappa shape index (κ1) is 15.6. The Labute approximate surface area is 133 Å². The molecular formula is C15H21N3O3S. The van der Waals surface area contributed by atoms with Crippen LogP contribution >= 0.6 is 11.3 Å². The molecule has 120 valence electrons. The molecule has 0 unspecified atom stereocenters. The van der Waals surface area contributed by atoms with Crippen LogP contribution in [0.3, 0.4) is 0 Å². The van der Waals surface area contributed by atoms with E-state index < -0.39 is 6.10 Å². The number of aromatic nitrogens is 2. The molecule has 6 nitrogen and oxygen atoms in total. The molecule has 0 aromatic carbocycles. The summed E-state index contributed by atoms with van der Waals surface area (Å²) in [4.78, 5) is 18.8. The van der Waals surface area contributed by atoms with Crippen LogP contribution in [-0.2, 0) is 11.3 Å². The monoisotopic (exact) mass is 323 g/mol. The van der Waals surface area contributed by atoms with Gasteiger partial charge in [-0.1, -0.05) is 0 Å². The Morgan fingerprint density at radius 1 is 1.41 bits per heavy atom. The average molecular weight is 323 g/mol. The molecule has 1 fully saturated rings. The summed E-state index contributed by atoms with van der Waals surface area (Å²) in [6.45, 7) is 6.48. The first-order chi connectivity index (χ1) is 10.5. The normalized spacial score (nSPS) is 24.7. The molecule has 0 spiro atoms. The van der Waals surface area contributed by atoms with Crippen molar-refractivity contribution in [1.82, 2.24) is 14.5 Å². The van der Waals surface area contributed by atoms with Crippen LogP contribution in [0.25, 0.3) is 10.2 Å². The van der Waals surface area contributed by atoms with Gasteiger partial charge in [0.25, 0.3) is 5.56 Å². The van der Waals surface area contributed by atoms with Crippen molar-refractivity contribution < 1.29 is 9.84 Å². The number of aliphatic hydroxyl groups excluding tert-OH is 1. The molecule has 3 heterocycles. The lowest BCUT2D eigenvalue weighted by Crippen LogP contribution is -2.48. The van der Waals surface area contributed by atoms with Crippen molar-refractivity contribution >= 4 is 21.6 Å². The van der Waals surface area contributed by atoms with Crippen molar-refractivity contribution in [1.29, 1.82) is 0 Å². The van der Waals surface area contributed by atoms with Gasteiger partial charge in [-0.15, -0.1) is 11.3 Å². The molecule has 0 amide bonds. The molecule has 2 aromatic rings. The van der Waals surface area contributed by atoms with Crippen LogP contribution in [0.4, 0.5) is 0 Å². The van der Waals surface area contributed by atoms with Crippen LogP contribution < -0.4 is 5.56 Å². The van der Waals surface area contributed by atoms with Crippen molar-refractivity contribution in [2.75, 3.05) is 19.6 Å². The number of fused-ring (bicyclic) bond motifs is 1. The molecule has 1 aliphatic heterocycles. The van der Waals surface area contributed by atoms with E-state index in [2.05, 4.69) is 9.88 Å². The zero-order valence-electron chi connectivity index (χ0n) is 12.8. The van der Waals surface area contributed by atoms with Gasteiger partial charge in [-0.25, -0.2) is 4.98 Å². The second kappa shape index (κ2) is 6.45. The Morgan fingerprint density at radius 3 is 2.86 bits per heavy atom. The van der Waals surface area contributed by atoms with Crippen LogP contribution in [0.5, 0.6) is 0 Å². The van der Waals surface area contributed by atoms with E-state index in [1.807, 2.05) is 25.3 Å². The summed E-state index contributed by atoms with van der Waals surface area (Å²) in [6.07, 6.45) is 1.26. The summed E-state index contributed by atoms with van der Waals surface area (Å²) in [5.74, 6) is 0. The van der Waals surface area contributed by atoms with Gasteiger partial charge < -0.3 is 9.84 Å². The number of aliphatic hydroxyl groups is 1. The fourth-order valence-corrected chi connectivity index (χ4v) is 3.82. The summed E-state index contributed by atoms with van der Waals surface area (Å²) in [7, 11) is 0. The third kappa shape index (κ3) is 3.38. The molecule has 1 aliphatic rings. The van der Waals surface area contributed by atoms with Crippen LogP contribution in [0.1, 0.15) is 13.8 Å². The van der Waals surface area contributed by atoms with E-state index in [9.17, 15) is 9.90 Å². The van der Waals surface area contributed by atoms with Crippen molar-refractivity contribution in [3.05, 3.63) is 28.1 Å². The smallest absolute Gasteiger partial charge is 0.271 e. The SMILES string of the molecule is C[C@@H]1CN(C[C@H](O)Cn2cnc3ccsc3c2=O)C[C@H](C)O1. The third-order valence-electron chi connectivity index (χ3n) is 3.81. The van der Waals surface area contributed by atoms with E-state index >= 15 is 0 Å². The maximum absolute atomic E-state index is 12.3. The first-order valence-corrected chi connectivity index (χ1v) is 8.39. The number of nitrogens with zero attached hydrogens (tertiary/aromatic N) is 3. The largest absolute Gasteiger partial charge is 0.390 e. The van der Waals surface area contributed by atoms with E-state index in [-0.39, 0.29) is 24.3 Å². The molecule has 7 heteroatoms. The second-order valence-electron chi connectivity index (χ2n) is 5.97. The van der Waals surface area contributed by atoms with Crippen molar-refractivity contribution in [2.24, 2.45) is 0 Å². The minimum atomic E-state index is -0.602. The zero-order valence-corrected chi connectivity index (χ0v) is 13.6. The summed E-state index contributed by atoms with van der Waals surface area (Å²) in [5, 5.41) is 12.2. The zero-order chi connectivity index (χ0) is 15.7. The second-order valence-corrected chi connectivity index (χ2v) is 6.88. The van der Waals surface area contributed by atoms with E-state index in [1.54, 1.807) is 0 Å². The van der Waals surface area contributed by atoms with E-state index in [0.29, 0.717) is 11.2 Å². The minimum Gasteiger partial charge on any atom is -0.390 e. The first-order valence-electron chi connectivity index (χ1n) is 7.51. The Hall–Kier alpha value is -1.28. The number of morpholine rings is 1. The minimum absolute atomic E-state index is 0.0808. The summed E-state index contributed by atoms with van der Waals surface area (Å²) < 4.78 is 7.83. The summed E-state index contributed by atoms with van der Waals surface area (Å²) in [5.41, 5.74) is 0.638. The van der Waals surface area contributed by atoms with E-state index in [0.717, 1.165) is 18.6 Å². The standard InChI is InChI=1S/C15H21N3O3S/c1-10-5-17(6-11(2)21-10)7-12(19)8-18-9-16-13-3-4-22-14(13)15(18)20/h3-4,9-12,19H,5-8H2,1-2H3/t10-,11+,12-/m0/s1. The molecule has 0 aliphatic carbocycles. The van der Waals surface area contributed by atoms with Gasteiger partial charge in [0.1, 0.15) is 4.70 Å². The van der Waals surface area contributed by atoms with E-state index in [1.165, 1.54) is 22.2 Å². The molecular weight excluding hydrogens is 302 g/mol. The highest BCUT2D eigenvalue weighted by atomic mass is 32.1. The molecule has 22 heavy (non-hydrogen) atoms. The molecule has 0 bridgehead atoms. The lowest BCUT2D eigenvalue weighted by Gasteiger charge is -2.36. The number of thiophene rings is 1. The number of ether oxygens (including phenoxy) is 1. The Balaban J connectivity index is 1.66. The summed E-state index contributed by atoms with van der Waals surface area (Å²) in [6, 6.07) is 1.83. The highest BCUT2D eigenvalue weighted by Crippen LogP contribution is 2.14. The Morgan fingerprint density at radius 2 is 2.14 bits per heavy atom. The molecule has 3 atom stereocenters. The number of hydrogen-bond acceptors (Lipinski definition) is 6. The van der Waals surface area contributed by atoms with Gasteiger partial charge in [0.15, 0.2) is 0 Å². The van der Waals surface area contributed by atoms with Gasteiger partial charge in [-0.05, 0) is 25.3 Å². The molecule has 1 N–H and O–H groups in total. The average Bonchev–Trinajstić information content (AvgIpc) is 2.90. The lowest BCUT2D eigenvalue weighted by molar-refractivity contribution is -0.0773. The van der Waals surface area contributed by atoms with Gasteiger partial charge in [-0.3, -0.25) is 14.3 Å². The van der Waals surface area contributed by atoms with Gasteiger partial charge >= 0.3 is 0 Å². The topological polar surface area (TPSA) is 67.6 Å². The van der Waals surface area contributed by atoms with Crippen LogP contribution in [0.15, 0.2) is 22.6 Å². The van der Waals surface area contributed by atoms with Gasteiger partial charge in [-0.2, -0.15) is 0 Å². The Bertz CT molecular complexity index is 689. The molecule has 1 saturated heterocycles. The predicted octanol–water partition coefficient (Wildman–Crippen LogP) is 0.928. The summed E-state index contributed by atoms with van der Waals surface area (Å²) >= 11 is 1.39. The predicted molar refractivity (Wildman–Crippen MR) is 86.3 cm³/mol. The molecule has 2 aromatic heterocycles. The van der Waals surface area contributed by atoms with Crippen LogP contribution in [0, 0.1) is 0 Å². The van der Waals surface area contributed by atoms with E-state index in [4.69, 9.17) is 4.74 Å². The van der Waals surface area contributed by atoms with Crippen molar-refractivity contribution in [2.45, 2.75) is 38.7 Å². The molecule has 3 rings (SSSR count). The van der Waals surface area contributed by atoms with Crippen LogP contribution in [-0.4, -0.2) is 57.5 Å². The maximum atomic E-state index is 12.3.